The van der Waals surface area contributed by atoms with Gasteiger partial charge < -0.3 is 14.9 Å². The largest absolute Gasteiger partial charge is 0.464 e. The highest BCUT2D eigenvalue weighted by Gasteiger charge is 2.21. The molecule has 0 aliphatic heterocycles. The zero-order valence-corrected chi connectivity index (χ0v) is 9.95. The fraction of sp³-hybridized carbons (Fsp3) is 0.692. The van der Waals surface area contributed by atoms with Crippen LogP contribution in [0.2, 0.25) is 0 Å². The van der Waals surface area contributed by atoms with Crippen LogP contribution in [0.4, 0.5) is 0 Å². The molecule has 1 saturated carbocycles. The smallest absolute Gasteiger partial charge is 0.134 e. The summed E-state index contributed by atoms with van der Waals surface area (Å²) in [7, 11) is 0. The average Bonchev–Trinajstić information content (AvgIpc) is 2.74. The van der Waals surface area contributed by atoms with E-state index in [9.17, 15) is 0 Å². The normalized spacial score (nSPS) is 19.9. The maximum atomic E-state index is 6.02. The molecule has 0 saturated heterocycles. The number of ether oxygens (including phenoxy) is 1. The predicted molar refractivity (Wildman–Crippen MR) is 63.2 cm³/mol. The van der Waals surface area contributed by atoms with E-state index in [4.69, 9.17) is 14.9 Å². The van der Waals surface area contributed by atoms with Crippen molar-refractivity contribution in [1.82, 2.24) is 0 Å². The SMILES string of the molecule is Cc1ccc(C(CN)OC2CCCCC2)o1. The van der Waals surface area contributed by atoms with Crippen LogP contribution in [0.5, 0.6) is 0 Å². The molecule has 2 rings (SSSR count). The highest BCUT2D eigenvalue weighted by molar-refractivity contribution is 5.08. The van der Waals surface area contributed by atoms with Gasteiger partial charge in [0.1, 0.15) is 17.6 Å². The zero-order chi connectivity index (χ0) is 11.4. The molecule has 3 heteroatoms. The Morgan fingerprint density at radius 1 is 1.38 bits per heavy atom. The summed E-state index contributed by atoms with van der Waals surface area (Å²) < 4.78 is 11.6. The molecule has 0 bridgehead atoms. The third-order valence-corrected chi connectivity index (χ3v) is 3.20. The first-order valence-corrected chi connectivity index (χ1v) is 6.21. The summed E-state index contributed by atoms with van der Waals surface area (Å²) in [5.41, 5.74) is 5.75. The Balaban J connectivity index is 1.94. The molecule has 0 spiro atoms. The van der Waals surface area contributed by atoms with E-state index in [-0.39, 0.29) is 6.10 Å². The second kappa shape index (κ2) is 5.51. The second-order valence-corrected chi connectivity index (χ2v) is 4.57. The summed E-state index contributed by atoms with van der Waals surface area (Å²) in [5, 5.41) is 0. The van der Waals surface area contributed by atoms with Crippen molar-refractivity contribution in [2.24, 2.45) is 5.73 Å². The first kappa shape index (κ1) is 11.7. The predicted octanol–water partition coefficient (Wildman–Crippen LogP) is 2.94. The molecule has 0 radical (unpaired) electrons. The lowest BCUT2D eigenvalue weighted by Crippen LogP contribution is -2.24. The number of hydrogen-bond acceptors (Lipinski definition) is 3. The second-order valence-electron chi connectivity index (χ2n) is 4.57. The van der Waals surface area contributed by atoms with E-state index in [2.05, 4.69) is 0 Å². The molecule has 1 fully saturated rings. The molecule has 1 unspecified atom stereocenters. The molecule has 0 amide bonds. The highest BCUT2D eigenvalue weighted by atomic mass is 16.5. The minimum Gasteiger partial charge on any atom is -0.464 e. The summed E-state index contributed by atoms with van der Waals surface area (Å²) >= 11 is 0. The first-order valence-electron chi connectivity index (χ1n) is 6.21. The number of rotatable bonds is 4. The minimum atomic E-state index is -0.0724. The summed E-state index contributed by atoms with van der Waals surface area (Å²) in [6, 6.07) is 3.93. The van der Waals surface area contributed by atoms with Gasteiger partial charge in [-0.1, -0.05) is 19.3 Å². The number of aryl methyl sites for hydroxylation is 1. The van der Waals surface area contributed by atoms with E-state index < -0.39 is 0 Å². The van der Waals surface area contributed by atoms with E-state index in [1.54, 1.807) is 0 Å². The fourth-order valence-electron chi connectivity index (χ4n) is 2.30. The first-order chi connectivity index (χ1) is 7.79. The van der Waals surface area contributed by atoms with Gasteiger partial charge in [0.25, 0.3) is 0 Å². The lowest BCUT2D eigenvalue weighted by Gasteiger charge is -2.26. The Bertz CT molecular complexity index is 315. The molecule has 1 heterocycles. The Labute approximate surface area is 97.0 Å². The molecule has 16 heavy (non-hydrogen) atoms. The highest BCUT2D eigenvalue weighted by Crippen LogP contribution is 2.27. The van der Waals surface area contributed by atoms with Gasteiger partial charge in [-0.15, -0.1) is 0 Å². The quantitative estimate of drug-likeness (QED) is 0.853. The van der Waals surface area contributed by atoms with Gasteiger partial charge in [-0.3, -0.25) is 0 Å². The van der Waals surface area contributed by atoms with Gasteiger partial charge in [0.05, 0.1) is 6.10 Å². The van der Waals surface area contributed by atoms with Gasteiger partial charge >= 0.3 is 0 Å². The molecule has 1 aliphatic rings. The molecule has 2 N–H and O–H groups in total. The van der Waals surface area contributed by atoms with Crippen LogP contribution < -0.4 is 5.73 Å². The van der Waals surface area contributed by atoms with E-state index in [1.807, 2.05) is 19.1 Å². The molecule has 90 valence electrons. The van der Waals surface area contributed by atoms with E-state index >= 15 is 0 Å². The molecular weight excluding hydrogens is 202 g/mol. The Kier molecular flexibility index (Phi) is 4.02. The average molecular weight is 223 g/mol. The molecule has 1 aromatic rings. The lowest BCUT2D eigenvalue weighted by molar-refractivity contribution is -0.0363. The van der Waals surface area contributed by atoms with E-state index in [0.29, 0.717) is 12.6 Å². The molecule has 1 aromatic heterocycles. The van der Waals surface area contributed by atoms with Crippen LogP contribution >= 0.6 is 0 Å². The van der Waals surface area contributed by atoms with Crippen LogP contribution in [0, 0.1) is 6.92 Å². The van der Waals surface area contributed by atoms with Crippen LogP contribution in [0.3, 0.4) is 0 Å². The third kappa shape index (κ3) is 2.86. The van der Waals surface area contributed by atoms with Crippen molar-refractivity contribution < 1.29 is 9.15 Å². The van der Waals surface area contributed by atoms with E-state index in [1.165, 1.54) is 19.3 Å². The number of hydrogen-bond donors (Lipinski definition) is 1. The third-order valence-electron chi connectivity index (χ3n) is 3.20. The Morgan fingerprint density at radius 2 is 2.12 bits per heavy atom. The zero-order valence-electron chi connectivity index (χ0n) is 9.95. The van der Waals surface area contributed by atoms with Crippen molar-refractivity contribution in [1.29, 1.82) is 0 Å². The van der Waals surface area contributed by atoms with Crippen LogP contribution in [0.1, 0.15) is 49.7 Å². The summed E-state index contributed by atoms with van der Waals surface area (Å²) in [4.78, 5) is 0. The van der Waals surface area contributed by atoms with Gasteiger partial charge in [0.2, 0.25) is 0 Å². The molecular formula is C13H21NO2. The van der Waals surface area contributed by atoms with Gasteiger partial charge in [-0.05, 0) is 31.9 Å². The topological polar surface area (TPSA) is 48.4 Å². The van der Waals surface area contributed by atoms with Crippen LogP contribution in [0.15, 0.2) is 16.5 Å². The monoisotopic (exact) mass is 223 g/mol. The van der Waals surface area contributed by atoms with Crippen molar-refractivity contribution in [3.8, 4) is 0 Å². The maximum absolute atomic E-state index is 6.02. The van der Waals surface area contributed by atoms with E-state index in [0.717, 1.165) is 24.4 Å². The molecule has 3 nitrogen and oxygen atoms in total. The minimum absolute atomic E-state index is 0.0724. The van der Waals surface area contributed by atoms with Gasteiger partial charge in [-0.25, -0.2) is 0 Å². The summed E-state index contributed by atoms with van der Waals surface area (Å²) in [6.07, 6.45) is 6.52. The van der Waals surface area contributed by atoms with Gasteiger partial charge in [0.15, 0.2) is 0 Å². The molecule has 0 aromatic carbocycles. The van der Waals surface area contributed by atoms with Crippen LogP contribution in [0.25, 0.3) is 0 Å². The van der Waals surface area contributed by atoms with Crippen molar-refractivity contribution in [2.45, 2.75) is 51.2 Å². The van der Waals surface area contributed by atoms with Gasteiger partial charge in [0, 0.05) is 6.54 Å². The van der Waals surface area contributed by atoms with Crippen molar-refractivity contribution >= 4 is 0 Å². The Hall–Kier alpha value is -0.800. The number of nitrogens with two attached hydrogens (primary N) is 1. The van der Waals surface area contributed by atoms with Crippen LogP contribution in [-0.4, -0.2) is 12.6 Å². The molecule has 1 aliphatic carbocycles. The van der Waals surface area contributed by atoms with Crippen molar-refractivity contribution in [2.75, 3.05) is 6.54 Å². The summed E-state index contributed by atoms with van der Waals surface area (Å²) in [6.45, 7) is 2.43. The maximum Gasteiger partial charge on any atom is 0.134 e. The van der Waals surface area contributed by atoms with Gasteiger partial charge in [-0.2, -0.15) is 0 Å². The standard InChI is InChI=1S/C13H21NO2/c1-10-7-8-12(15-10)13(9-14)16-11-5-3-2-4-6-11/h7-8,11,13H,2-6,9,14H2,1H3. The van der Waals surface area contributed by atoms with Crippen LogP contribution in [-0.2, 0) is 4.74 Å². The summed E-state index contributed by atoms with van der Waals surface area (Å²) in [5.74, 6) is 1.78. The van der Waals surface area contributed by atoms with Crippen molar-refractivity contribution in [3.05, 3.63) is 23.7 Å². The lowest BCUT2D eigenvalue weighted by atomic mass is 9.97. The van der Waals surface area contributed by atoms with Crippen molar-refractivity contribution in [3.63, 3.8) is 0 Å². The Morgan fingerprint density at radius 3 is 2.69 bits per heavy atom. The molecule has 1 atom stereocenters. The number of furan rings is 1. The fourth-order valence-corrected chi connectivity index (χ4v) is 2.30.